The second-order valence-electron chi connectivity index (χ2n) is 6.09. The maximum atomic E-state index is 13.2. The summed E-state index contributed by atoms with van der Waals surface area (Å²) >= 11 is 0. The molecular weight excluding hydrogens is 376 g/mol. The van der Waals surface area contributed by atoms with E-state index in [1.807, 2.05) is 19.2 Å². The molecule has 0 spiro atoms. The molecule has 1 aromatic heterocycles. The minimum absolute atomic E-state index is 0.131. The van der Waals surface area contributed by atoms with Crippen LogP contribution in [0.4, 0.5) is 25.8 Å². The lowest BCUT2D eigenvalue weighted by Gasteiger charge is -2.06. The molecule has 0 unspecified atom stereocenters. The van der Waals surface area contributed by atoms with Crippen molar-refractivity contribution in [2.45, 2.75) is 0 Å². The predicted molar refractivity (Wildman–Crippen MR) is 111 cm³/mol. The van der Waals surface area contributed by atoms with Gasteiger partial charge in [0.15, 0.2) is 5.76 Å². The lowest BCUT2D eigenvalue weighted by atomic mass is 10.2. The van der Waals surface area contributed by atoms with E-state index >= 15 is 0 Å². The van der Waals surface area contributed by atoms with Gasteiger partial charge in [0.25, 0.3) is 5.91 Å². The van der Waals surface area contributed by atoms with Gasteiger partial charge >= 0.3 is 0 Å². The number of hydrogen-bond donors (Lipinski definition) is 3. The molecule has 1 amide bonds. The average molecular weight is 395 g/mol. The molecular formula is C22H19F2N3O2. The molecule has 7 heteroatoms. The van der Waals surface area contributed by atoms with Gasteiger partial charge in [-0.1, -0.05) is 18.2 Å². The molecule has 4 aromatic rings. The first-order chi connectivity index (χ1) is 14.0. The number of nitrogens with two attached hydrogens (primary N) is 1. The van der Waals surface area contributed by atoms with Crippen molar-refractivity contribution < 1.29 is 18.0 Å². The summed E-state index contributed by atoms with van der Waals surface area (Å²) in [7, 11) is 1.81. The maximum Gasteiger partial charge on any atom is 0.291 e. The van der Waals surface area contributed by atoms with Crippen molar-refractivity contribution in [1.29, 1.82) is 0 Å². The fourth-order valence-corrected chi connectivity index (χ4v) is 2.55. The number of benzene rings is 3. The predicted octanol–water partition coefficient (Wildman–Crippen LogP) is 5.27. The minimum Gasteiger partial charge on any atom is -0.451 e. The number of halogens is 2. The molecule has 148 valence electrons. The van der Waals surface area contributed by atoms with E-state index in [1.165, 1.54) is 24.3 Å². The van der Waals surface area contributed by atoms with E-state index in [9.17, 15) is 13.6 Å². The summed E-state index contributed by atoms with van der Waals surface area (Å²) in [5.74, 6) is -1.01. The summed E-state index contributed by atoms with van der Waals surface area (Å²) in [6.45, 7) is 0. The third-order valence-corrected chi connectivity index (χ3v) is 4.03. The summed E-state index contributed by atoms with van der Waals surface area (Å²) in [5, 5.41) is 6.35. The number of hydrogen-bond acceptors (Lipinski definition) is 4. The zero-order valence-electron chi connectivity index (χ0n) is 15.6. The van der Waals surface area contributed by atoms with Crippen LogP contribution in [0.5, 0.6) is 0 Å². The fourth-order valence-electron chi connectivity index (χ4n) is 2.55. The molecule has 0 atom stereocenters. The Labute approximate surface area is 166 Å². The van der Waals surface area contributed by atoms with Crippen molar-refractivity contribution in [3.63, 3.8) is 0 Å². The van der Waals surface area contributed by atoms with E-state index in [1.54, 1.807) is 30.3 Å². The third-order valence-electron chi connectivity index (χ3n) is 4.03. The van der Waals surface area contributed by atoms with Gasteiger partial charge in [-0.05, 0) is 54.6 Å². The smallest absolute Gasteiger partial charge is 0.291 e. The van der Waals surface area contributed by atoms with E-state index in [-0.39, 0.29) is 23.0 Å². The van der Waals surface area contributed by atoms with Crippen LogP contribution >= 0.6 is 0 Å². The zero-order chi connectivity index (χ0) is 20.8. The van der Waals surface area contributed by atoms with Gasteiger partial charge in [0.1, 0.15) is 17.2 Å². The number of nitrogens with one attached hydrogen (secondary N) is 2. The van der Waals surface area contributed by atoms with Crippen molar-refractivity contribution in [3.8, 4) is 0 Å². The molecule has 4 N–H and O–H groups in total. The van der Waals surface area contributed by atoms with Crippen LogP contribution in [0.1, 0.15) is 10.6 Å². The first kappa shape index (κ1) is 19.9. The highest BCUT2D eigenvalue weighted by molar-refractivity contribution is 6.06. The molecule has 1 heterocycles. The molecule has 0 saturated heterocycles. The van der Waals surface area contributed by atoms with E-state index in [0.717, 1.165) is 17.1 Å². The summed E-state index contributed by atoms with van der Waals surface area (Å²) in [4.78, 5) is 12.2. The number of amides is 1. The summed E-state index contributed by atoms with van der Waals surface area (Å²) < 4.78 is 30.6. The third kappa shape index (κ3) is 5.10. The van der Waals surface area contributed by atoms with Gasteiger partial charge in [0, 0.05) is 18.1 Å². The quantitative estimate of drug-likeness (QED) is 0.413. The molecule has 5 nitrogen and oxygen atoms in total. The van der Waals surface area contributed by atoms with Crippen molar-refractivity contribution in [1.82, 2.24) is 0 Å². The van der Waals surface area contributed by atoms with E-state index < -0.39 is 11.7 Å². The first-order valence-electron chi connectivity index (χ1n) is 8.74. The van der Waals surface area contributed by atoms with Crippen LogP contribution in [-0.4, -0.2) is 13.0 Å². The largest absolute Gasteiger partial charge is 0.451 e. The van der Waals surface area contributed by atoms with Crippen molar-refractivity contribution >= 4 is 33.9 Å². The molecule has 0 radical (unpaired) electrons. The van der Waals surface area contributed by atoms with Crippen molar-refractivity contribution in [2.24, 2.45) is 0 Å². The highest BCUT2D eigenvalue weighted by atomic mass is 19.1. The Balaban J connectivity index is 0.000000290. The molecule has 29 heavy (non-hydrogen) atoms. The van der Waals surface area contributed by atoms with Gasteiger partial charge in [-0.15, -0.1) is 0 Å². The summed E-state index contributed by atoms with van der Waals surface area (Å²) in [6, 6.07) is 18.8. The standard InChI is InChI=1S/C16H14FN3O2.C6H5F/c1-19-11-3-5-14-9(6-11)7-15(22-14)16(21)20-13-8-10(17)2-4-12(13)18;7-6-4-2-1-3-5-6/h2-8,19H,18H2,1H3,(H,20,21);1-5H. The van der Waals surface area contributed by atoms with Gasteiger partial charge in [-0.25, -0.2) is 8.78 Å². The lowest BCUT2D eigenvalue weighted by molar-refractivity contribution is 0.0998. The molecule has 4 rings (SSSR count). The Morgan fingerprint density at radius 2 is 1.69 bits per heavy atom. The SMILES string of the molecule is CNc1ccc2oc(C(=O)Nc3cc(F)ccc3N)cc2c1.Fc1ccccc1. The van der Waals surface area contributed by atoms with Gasteiger partial charge in [-0.2, -0.15) is 0 Å². The molecule has 0 aliphatic rings. The minimum atomic E-state index is -0.487. The monoisotopic (exact) mass is 395 g/mol. The van der Waals surface area contributed by atoms with Crippen LogP contribution in [-0.2, 0) is 0 Å². The fraction of sp³-hybridized carbons (Fsp3) is 0.0455. The topological polar surface area (TPSA) is 80.3 Å². The van der Waals surface area contributed by atoms with Gasteiger partial charge in [0.05, 0.1) is 11.4 Å². The van der Waals surface area contributed by atoms with Crippen LogP contribution in [0.2, 0.25) is 0 Å². The van der Waals surface area contributed by atoms with Crippen LogP contribution in [0.3, 0.4) is 0 Å². The molecule has 0 fully saturated rings. The highest BCUT2D eigenvalue weighted by Gasteiger charge is 2.14. The van der Waals surface area contributed by atoms with Gasteiger partial charge in [0.2, 0.25) is 0 Å². The molecule has 0 aliphatic carbocycles. The number of nitrogen functional groups attached to an aromatic ring is 1. The second kappa shape index (κ2) is 8.88. The number of rotatable bonds is 3. The maximum absolute atomic E-state index is 13.2. The second-order valence-corrected chi connectivity index (χ2v) is 6.09. The molecule has 3 aromatic carbocycles. The van der Waals surface area contributed by atoms with Crippen LogP contribution in [0.25, 0.3) is 11.0 Å². The van der Waals surface area contributed by atoms with E-state index in [4.69, 9.17) is 10.2 Å². The molecule has 0 bridgehead atoms. The van der Waals surface area contributed by atoms with E-state index in [2.05, 4.69) is 10.6 Å². The number of carbonyl (C=O) groups is 1. The number of carbonyl (C=O) groups excluding carboxylic acids is 1. The Hall–Kier alpha value is -3.87. The Morgan fingerprint density at radius 3 is 2.34 bits per heavy atom. The first-order valence-corrected chi connectivity index (χ1v) is 8.74. The number of furan rings is 1. The average Bonchev–Trinajstić information content (AvgIpc) is 3.15. The summed E-state index contributed by atoms with van der Waals surface area (Å²) in [5.41, 5.74) is 7.70. The normalized spacial score (nSPS) is 10.2. The number of fused-ring (bicyclic) bond motifs is 1. The Morgan fingerprint density at radius 1 is 0.931 bits per heavy atom. The highest BCUT2D eigenvalue weighted by Crippen LogP contribution is 2.25. The van der Waals surface area contributed by atoms with Crippen LogP contribution < -0.4 is 16.4 Å². The van der Waals surface area contributed by atoms with Crippen molar-refractivity contribution in [3.05, 3.63) is 90.2 Å². The Kier molecular flexibility index (Phi) is 6.09. The Bertz CT molecular complexity index is 1130. The number of anilines is 3. The molecule has 0 saturated carbocycles. The zero-order valence-corrected chi connectivity index (χ0v) is 15.6. The molecule has 0 aliphatic heterocycles. The summed E-state index contributed by atoms with van der Waals surface area (Å²) in [6.07, 6.45) is 0. The van der Waals surface area contributed by atoms with Crippen LogP contribution in [0.15, 0.2) is 77.2 Å². The lowest BCUT2D eigenvalue weighted by Crippen LogP contribution is -2.12. The van der Waals surface area contributed by atoms with Gasteiger partial charge in [-0.3, -0.25) is 4.79 Å². The van der Waals surface area contributed by atoms with Crippen LogP contribution in [0, 0.1) is 11.6 Å². The van der Waals surface area contributed by atoms with E-state index in [0.29, 0.717) is 5.58 Å². The van der Waals surface area contributed by atoms with Crippen molar-refractivity contribution in [2.75, 3.05) is 23.4 Å². The van der Waals surface area contributed by atoms with Gasteiger partial charge < -0.3 is 20.8 Å².